The van der Waals surface area contributed by atoms with Crippen LogP contribution in [-0.4, -0.2) is 17.0 Å². The van der Waals surface area contributed by atoms with Gasteiger partial charge in [-0.2, -0.15) is 0 Å². The maximum atomic E-state index is 12.4. The molecule has 0 fully saturated rings. The lowest BCUT2D eigenvalue weighted by Crippen LogP contribution is -2.27. The Hall–Kier alpha value is -1.97. The lowest BCUT2D eigenvalue weighted by molar-refractivity contribution is 0.0946. The molecule has 118 valence electrons. The van der Waals surface area contributed by atoms with Crippen molar-refractivity contribution in [3.63, 3.8) is 0 Å². The summed E-state index contributed by atoms with van der Waals surface area (Å²) in [6.07, 6.45) is 0.696. The van der Waals surface area contributed by atoms with Crippen LogP contribution < -0.4 is 5.32 Å². The molecule has 0 aliphatic heterocycles. The van der Waals surface area contributed by atoms with E-state index >= 15 is 0 Å². The smallest absolute Gasteiger partial charge is 0.267 e. The first kappa shape index (κ1) is 15.9. The molecule has 0 saturated heterocycles. The molecule has 3 nitrogen and oxygen atoms in total. The minimum atomic E-state index is -0.105. The Bertz CT molecular complexity index is 871. The van der Waals surface area contributed by atoms with Crippen LogP contribution in [0.3, 0.4) is 0 Å². The van der Waals surface area contributed by atoms with Crippen LogP contribution in [0.1, 0.15) is 16.1 Å². The number of aryl methyl sites for hydroxylation is 1. The van der Waals surface area contributed by atoms with Gasteiger partial charge in [-0.05, 0) is 36.2 Å². The standard InChI is InChI=1S/C18H16Cl2N2O/c1-22-16-11-14(19)7-6-13(16)10-17(22)18(23)21-9-8-12-4-2-3-5-15(12)20/h2-7,10-11H,8-9H2,1H3,(H,21,23). The number of halogens is 2. The van der Waals surface area contributed by atoms with Crippen LogP contribution >= 0.6 is 23.2 Å². The highest BCUT2D eigenvalue weighted by Crippen LogP contribution is 2.22. The van der Waals surface area contributed by atoms with Crippen LogP contribution in [0, 0.1) is 0 Å². The Morgan fingerprint density at radius 3 is 2.70 bits per heavy atom. The summed E-state index contributed by atoms with van der Waals surface area (Å²) in [5.41, 5.74) is 2.58. The largest absolute Gasteiger partial charge is 0.350 e. The van der Waals surface area contributed by atoms with Crippen molar-refractivity contribution in [2.45, 2.75) is 6.42 Å². The zero-order valence-electron chi connectivity index (χ0n) is 12.6. The van der Waals surface area contributed by atoms with Crippen LogP contribution in [0.5, 0.6) is 0 Å². The van der Waals surface area contributed by atoms with Gasteiger partial charge in [0.15, 0.2) is 0 Å². The van der Waals surface area contributed by atoms with Gasteiger partial charge in [0.1, 0.15) is 5.69 Å². The van der Waals surface area contributed by atoms with Gasteiger partial charge in [-0.3, -0.25) is 4.79 Å². The fourth-order valence-electron chi connectivity index (χ4n) is 2.62. The van der Waals surface area contributed by atoms with E-state index in [0.29, 0.717) is 23.7 Å². The molecule has 1 N–H and O–H groups in total. The highest BCUT2D eigenvalue weighted by molar-refractivity contribution is 6.31. The van der Waals surface area contributed by atoms with Gasteiger partial charge in [-0.25, -0.2) is 0 Å². The molecule has 0 radical (unpaired) electrons. The summed E-state index contributed by atoms with van der Waals surface area (Å²) in [6, 6.07) is 15.1. The molecule has 5 heteroatoms. The summed E-state index contributed by atoms with van der Waals surface area (Å²) < 4.78 is 1.85. The summed E-state index contributed by atoms with van der Waals surface area (Å²) in [6.45, 7) is 0.533. The van der Waals surface area contributed by atoms with Gasteiger partial charge in [0.2, 0.25) is 0 Å². The molecular weight excluding hydrogens is 331 g/mol. The number of nitrogens with one attached hydrogen (secondary N) is 1. The number of hydrogen-bond donors (Lipinski definition) is 1. The zero-order chi connectivity index (χ0) is 16.4. The molecule has 0 aliphatic carbocycles. The zero-order valence-corrected chi connectivity index (χ0v) is 14.2. The number of nitrogens with zero attached hydrogens (tertiary/aromatic N) is 1. The minimum Gasteiger partial charge on any atom is -0.350 e. The van der Waals surface area contributed by atoms with Crippen LogP contribution in [0.2, 0.25) is 10.0 Å². The number of carbonyl (C=O) groups excluding carboxylic acids is 1. The second-order valence-corrected chi connectivity index (χ2v) is 6.23. The Morgan fingerprint density at radius 1 is 1.13 bits per heavy atom. The molecular formula is C18H16Cl2N2O. The molecule has 1 aromatic heterocycles. The number of benzene rings is 2. The van der Waals surface area contributed by atoms with Crippen molar-refractivity contribution in [2.75, 3.05) is 6.54 Å². The van der Waals surface area contributed by atoms with Crippen molar-refractivity contribution >= 4 is 40.0 Å². The van der Waals surface area contributed by atoms with Gasteiger partial charge in [0.05, 0.1) is 0 Å². The molecule has 0 unspecified atom stereocenters. The normalized spacial score (nSPS) is 10.9. The first-order valence-corrected chi connectivity index (χ1v) is 8.08. The fraction of sp³-hybridized carbons (Fsp3) is 0.167. The van der Waals surface area contributed by atoms with E-state index in [1.165, 1.54) is 0 Å². The molecule has 1 heterocycles. The molecule has 3 aromatic rings. The lowest BCUT2D eigenvalue weighted by atomic mass is 10.1. The number of amides is 1. The predicted molar refractivity (Wildman–Crippen MR) is 95.4 cm³/mol. The number of carbonyl (C=O) groups is 1. The summed E-state index contributed by atoms with van der Waals surface area (Å²) >= 11 is 12.1. The summed E-state index contributed by atoms with van der Waals surface area (Å²) in [5.74, 6) is -0.105. The van der Waals surface area contributed by atoms with Crippen molar-refractivity contribution in [1.29, 1.82) is 0 Å². The highest BCUT2D eigenvalue weighted by Gasteiger charge is 2.13. The third kappa shape index (κ3) is 3.36. The third-order valence-corrected chi connectivity index (χ3v) is 4.48. The van der Waals surface area contributed by atoms with E-state index in [2.05, 4.69) is 5.32 Å². The molecule has 2 aromatic carbocycles. The highest BCUT2D eigenvalue weighted by atomic mass is 35.5. The van der Waals surface area contributed by atoms with Gasteiger partial charge < -0.3 is 9.88 Å². The van der Waals surface area contributed by atoms with Crippen molar-refractivity contribution in [1.82, 2.24) is 9.88 Å². The van der Waals surface area contributed by atoms with Crippen molar-refractivity contribution < 1.29 is 4.79 Å². The topological polar surface area (TPSA) is 34.0 Å². The van der Waals surface area contributed by atoms with Gasteiger partial charge in [-0.15, -0.1) is 0 Å². The van der Waals surface area contributed by atoms with E-state index < -0.39 is 0 Å². The van der Waals surface area contributed by atoms with Gasteiger partial charge in [0, 0.05) is 34.5 Å². The second-order valence-electron chi connectivity index (χ2n) is 5.39. The van der Waals surface area contributed by atoms with Crippen LogP contribution in [0.4, 0.5) is 0 Å². The Labute approximate surface area is 144 Å². The molecule has 0 spiro atoms. The first-order valence-electron chi connectivity index (χ1n) is 7.33. The van der Waals surface area contributed by atoms with E-state index in [4.69, 9.17) is 23.2 Å². The summed E-state index contributed by atoms with van der Waals surface area (Å²) in [5, 5.41) is 5.31. The van der Waals surface area contributed by atoms with Crippen molar-refractivity contribution in [3.05, 3.63) is 69.8 Å². The molecule has 1 amide bonds. The Morgan fingerprint density at radius 2 is 1.91 bits per heavy atom. The van der Waals surface area contributed by atoms with Gasteiger partial charge in [0.25, 0.3) is 5.91 Å². The van der Waals surface area contributed by atoms with Crippen LogP contribution in [0.25, 0.3) is 10.9 Å². The molecule has 23 heavy (non-hydrogen) atoms. The summed E-state index contributed by atoms with van der Waals surface area (Å²) in [4.78, 5) is 12.4. The van der Waals surface area contributed by atoms with E-state index in [-0.39, 0.29) is 5.91 Å². The van der Waals surface area contributed by atoms with E-state index in [1.54, 1.807) is 0 Å². The van der Waals surface area contributed by atoms with Crippen molar-refractivity contribution in [3.8, 4) is 0 Å². The van der Waals surface area contributed by atoms with E-state index in [9.17, 15) is 4.79 Å². The number of rotatable bonds is 4. The maximum Gasteiger partial charge on any atom is 0.267 e. The molecule has 3 rings (SSSR count). The van der Waals surface area contributed by atoms with E-state index in [0.717, 1.165) is 21.5 Å². The number of hydrogen-bond acceptors (Lipinski definition) is 1. The monoisotopic (exact) mass is 346 g/mol. The maximum absolute atomic E-state index is 12.4. The van der Waals surface area contributed by atoms with Gasteiger partial charge >= 0.3 is 0 Å². The predicted octanol–water partition coefficient (Wildman–Crippen LogP) is 4.46. The lowest BCUT2D eigenvalue weighted by Gasteiger charge is -2.07. The van der Waals surface area contributed by atoms with E-state index in [1.807, 2.05) is 60.1 Å². The number of fused-ring (bicyclic) bond motifs is 1. The molecule has 0 bridgehead atoms. The van der Waals surface area contributed by atoms with Crippen molar-refractivity contribution in [2.24, 2.45) is 7.05 Å². The fourth-order valence-corrected chi connectivity index (χ4v) is 3.02. The molecule has 0 saturated carbocycles. The second kappa shape index (κ2) is 6.65. The summed E-state index contributed by atoms with van der Waals surface area (Å²) in [7, 11) is 1.86. The average Bonchev–Trinajstić information content (AvgIpc) is 2.86. The van der Waals surface area contributed by atoms with Gasteiger partial charge in [-0.1, -0.05) is 47.5 Å². The first-order chi connectivity index (χ1) is 11.1. The SMILES string of the molecule is Cn1c(C(=O)NCCc2ccccc2Cl)cc2ccc(Cl)cc21. The van der Waals surface area contributed by atoms with Crippen LogP contribution in [-0.2, 0) is 13.5 Å². The quantitative estimate of drug-likeness (QED) is 0.743. The molecule has 0 aliphatic rings. The Kier molecular flexibility index (Phi) is 4.60. The molecule has 0 atom stereocenters. The third-order valence-electron chi connectivity index (χ3n) is 3.88. The average molecular weight is 347 g/mol. The van der Waals surface area contributed by atoms with Crippen LogP contribution in [0.15, 0.2) is 48.5 Å². The number of aromatic nitrogens is 1. The minimum absolute atomic E-state index is 0.105. The Balaban J connectivity index is 1.71.